The summed E-state index contributed by atoms with van der Waals surface area (Å²) in [6.45, 7) is 0.822. The topological polar surface area (TPSA) is 37.4 Å². The van der Waals surface area contributed by atoms with Crippen LogP contribution in [0.5, 0.6) is 0 Å². The first-order valence-electron chi connectivity index (χ1n) is 5.86. The fraction of sp³-hybridized carbons (Fsp3) is 0.500. The molecule has 0 aromatic heterocycles. The summed E-state index contributed by atoms with van der Waals surface area (Å²) in [6.07, 6.45) is 1.47. The Kier molecular flexibility index (Phi) is 4.25. The molecule has 1 fully saturated rings. The molecule has 2 rings (SSSR count). The number of hydrogen-bond acceptors (Lipinski definition) is 2. The van der Waals surface area contributed by atoms with E-state index in [9.17, 15) is 12.8 Å². The number of halogens is 2. The van der Waals surface area contributed by atoms with Crippen LogP contribution in [0.3, 0.4) is 0 Å². The summed E-state index contributed by atoms with van der Waals surface area (Å²) in [4.78, 5) is -0.241. The zero-order valence-electron chi connectivity index (χ0n) is 9.85. The van der Waals surface area contributed by atoms with Gasteiger partial charge in [-0.15, -0.1) is 11.6 Å². The highest BCUT2D eigenvalue weighted by molar-refractivity contribution is 7.89. The SMILES string of the molecule is O=S(=O)(c1ccccc1F)N1CCC(CCl)CC1. The van der Waals surface area contributed by atoms with Crippen LogP contribution >= 0.6 is 11.6 Å². The Morgan fingerprint density at radius 3 is 2.44 bits per heavy atom. The Labute approximate surface area is 112 Å². The Morgan fingerprint density at radius 2 is 1.89 bits per heavy atom. The van der Waals surface area contributed by atoms with Crippen molar-refractivity contribution in [1.82, 2.24) is 4.31 Å². The number of hydrogen-bond donors (Lipinski definition) is 0. The van der Waals surface area contributed by atoms with E-state index in [1.54, 1.807) is 0 Å². The molecular formula is C12H15ClFNO2S. The van der Waals surface area contributed by atoms with Gasteiger partial charge in [0.1, 0.15) is 10.7 Å². The third kappa shape index (κ3) is 2.68. The molecule has 0 bridgehead atoms. The smallest absolute Gasteiger partial charge is 0.207 e. The van der Waals surface area contributed by atoms with Crippen LogP contribution in [0.1, 0.15) is 12.8 Å². The molecule has 1 aliphatic heterocycles. The van der Waals surface area contributed by atoms with Crippen LogP contribution in [0, 0.1) is 11.7 Å². The summed E-state index contributed by atoms with van der Waals surface area (Å²) in [5, 5.41) is 0. The van der Waals surface area contributed by atoms with Gasteiger partial charge < -0.3 is 0 Å². The van der Waals surface area contributed by atoms with Crippen molar-refractivity contribution in [2.45, 2.75) is 17.7 Å². The number of sulfonamides is 1. The van der Waals surface area contributed by atoms with Gasteiger partial charge in [-0.1, -0.05) is 12.1 Å². The first kappa shape index (κ1) is 13.8. The second kappa shape index (κ2) is 5.55. The van der Waals surface area contributed by atoms with E-state index < -0.39 is 15.8 Å². The number of benzene rings is 1. The van der Waals surface area contributed by atoms with Gasteiger partial charge in [-0.2, -0.15) is 4.31 Å². The van der Waals surface area contributed by atoms with E-state index in [1.807, 2.05) is 0 Å². The lowest BCUT2D eigenvalue weighted by atomic mass is 10.0. The molecule has 1 aromatic rings. The molecule has 0 aliphatic carbocycles. The highest BCUT2D eigenvalue weighted by Crippen LogP contribution is 2.25. The van der Waals surface area contributed by atoms with Crippen molar-refractivity contribution < 1.29 is 12.8 Å². The Hall–Kier alpha value is -0.650. The molecule has 0 unspecified atom stereocenters. The van der Waals surface area contributed by atoms with Gasteiger partial charge in [0.15, 0.2) is 0 Å². The summed E-state index contributed by atoms with van der Waals surface area (Å²) >= 11 is 5.76. The van der Waals surface area contributed by atoms with E-state index in [1.165, 1.54) is 28.6 Å². The lowest BCUT2D eigenvalue weighted by molar-refractivity contribution is 0.289. The van der Waals surface area contributed by atoms with E-state index in [0.29, 0.717) is 24.9 Å². The molecule has 6 heteroatoms. The molecule has 1 aromatic carbocycles. The molecule has 18 heavy (non-hydrogen) atoms. The largest absolute Gasteiger partial charge is 0.245 e. The molecular weight excluding hydrogens is 277 g/mol. The van der Waals surface area contributed by atoms with Crippen LogP contribution in [0.15, 0.2) is 29.2 Å². The lowest BCUT2D eigenvalue weighted by Gasteiger charge is -2.30. The molecule has 0 amide bonds. The zero-order valence-corrected chi connectivity index (χ0v) is 11.4. The summed E-state index contributed by atoms with van der Waals surface area (Å²) in [7, 11) is -3.71. The van der Waals surface area contributed by atoms with Gasteiger partial charge in [-0.3, -0.25) is 0 Å². The van der Waals surface area contributed by atoms with Crippen molar-refractivity contribution in [1.29, 1.82) is 0 Å². The minimum atomic E-state index is -3.71. The predicted molar refractivity (Wildman–Crippen MR) is 68.6 cm³/mol. The van der Waals surface area contributed by atoms with Gasteiger partial charge in [0.05, 0.1) is 0 Å². The summed E-state index contributed by atoms with van der Waals surface area (Å²) in [5.41, 5.74) is 0. The number of rotatable bonds is 3. The fourth-order valence-electron chi connectivity index (χ4n) is 2.10. The zero-order chi connectivity index (χ0) is 13.2. The normalized spacial score (nSPS) is 19.0. The minimum absolute atomic E-state index is 0.241. The van der Waals surface area contributed by atoms with Crippen molar-refractivity contribution in [3.63, 3.8) is 0 Å². The monoisotopic (exact) mass is 291 g/mol. The van der Waals surface area contributed by atoms with Gasteiger partial charge in [-0.05, 0) is 30.9 Å². The fourth-order valence-corrected chi connectivity index (χ4v) is 3.94. The molecule has 0 radical (unpaired) electrons. The van der Waals surface area contributed by atoms with Gasteiger partial charge in [-0.25, -0.2) is 12.8 Å². The van der Waals surface area contributed by atoms with Crippen molar-refractivity contribution in [2.75, 3.05) is 19.0 Å². The number of nitrogens with zero attached hydrogens (tertiary/aromatic N) is 1. The first-order valence-corrected chi connectivity index (χ1v) is 7.84. The van der Waals surface area contributed by atoms with Crippen molar-refractivity contribution in [3.8, 4) is 0 Å². The van der Waals surface area contributed by atoms with Crippen LogP contribution in [0.2, 0.25) is 0 Å². The number of alkyl halides is 1. The molecule has 100 valence electrons. The maximum absolute atomic E-state index is 13.6. The average molecular weight is 292 g/mol. The Morgan fingerprint density at radius 1 is 1.28 bits per heavy atom. The second-order valence-electron chi connectivity index (χ2n) is 4.43. The second-order valence-corrected chi connectivity index (χ2v) is 6.65. The van der Waals surface area contributed by atoms with Crippen LogP contribution in [-0.4, -0.2) is 31.7 Å². The van der Waals surface area contributed by atoms with Crippen LogP contribution in [-0.2, 0) is 10.0 Å². The van der Waals surface area contributed by atoms with E-state index in [4.69, 9.17) is 11.6 Å². The highest BCUT2D eigenvalue weighted by atomic mass is 35.5. The maximum Gasteiger partial charge on any atom is 0.245 e. The summed E-state index contributed by atoms with van der Waals surface area (Å²) in [6, 6.07) is 5.48. The Balaban J connectivity index is 2.20. The van der Waals surface area contributed by atoms with Gasteiger partial charge in [0.2, 0.25) is 10.0 Å². The summed E-state index contributed by atoms with van der Waals surface area (Å²) in [5.74, 6) is 0.212. The predicted octanol–water partition coefficient (Wildman–Crippen LogP) is 2.47. The first-order chi connectivity index (χ1) is 8.55. The van der Waals surface area contributed by atoms with Crippen molar-refractivity contribution >= 4 is 21.6 Å². The molecule has 1 saturated heterocycles. The van der Waals surface area contributed by atoms with Crippen molar-refractivity contribution in [2.24, 2.45) is 5.92 Å². The number of piperidine rings is 1. The molecule has 1 aliphatic rings. The molecule has 1 heterocycles. The van der Waals surface area contributed by atoms with Crippen LogP contribution in [0.4, 0.5) is 4.39 Å². The standard InChI is InChI=1S/C12H15ClFNO2S/c13-9-10-5-7-15(8-6-10)18(16,17)12-4-2-1-3-11(12)14/h1-4,10H,5-9H2. The van der Waals surface area contributed by atoms with E-state index in [2.05, 4.69) is 0 Å². The van der Waals surface area contributed by atoms with Gasteiger partial charge >= 0.3 is 0 Å². The lowest BCUT2D eigenvalue weighted by Crippen LogP contribution is -2.39. The molecule has 0 N–H and O–H groups in total. The summed E-state index contributed by atoms with van der Waals surface area (Å²) < 4.78 is 39.4. The third-order valence-corrected chi connectivity index (χ3v) is 5.61. The average Bonchev–Trinajstić information content (AvgIpc) is 2.39. The molecule has 3 nitrogen and oxygen atoms in total. The highest BCUT2D eigenvalue weighted by Gasteiger charge is 2.30. The van der Waals surface area contributed by atoms with E-state index in [0.717, 1.165) is 12.8 Å². The quantitative estimate of drug-likeness (QED) is 0.802. The molecule has 0 atom stereocenters. The van der Waals surface area contributed by atoms with Crippen LogP contribution in [0.25, 0.3) is 0 Å². The molecule has 0 spiro atoms. The third-order valence-electron chi connectivity index (χ3n) is 3.25. The van der Waals surface area contributed by atoms with E-state index >= 15 is 0 Å². The minimum Gasteiger partial charge on any atom is -0.207 e. The van der Waals surface area contributed by atoms with Crippen LogP contribution < -0.4 is 0 Å². The molecule has 0 saturated carbocycles. The van der Waals surface area contributed by atoms with Gasteiger partial charge in [0, 0.05) is 19.0 Å². The maximum atomic E-state index is 13.6. The van der Waals surface area contributed by atoms with E-state index in [-0.39, 0.29) is 4.90 Å². The van der Waals surface area contributed by atoms with Gasteiger partial charge in [0.25, 0.3) is 0 Å². The van der Waals surface area contributed by atoms with Crippen molar-refractivity contribution in [3.05, 3.63) is 30.1 Å². The Bertz CT molecular complexity index is 513.